The van der Waals surface area contributed by atoms with Gasteiger partial charge in [-0.05, 0) is 18.6 Å². The van der Waals surface area contributed by atoms with E-state index in [1.54, 1.807) is 4.68 Å². The fourth-order valence-corrected chi connectivity index (χ4v) is 2.30. The van der Waals surface area contributed by atoms with Crippen molar-refractivity contribution in [1.82, 2.24) is 15.0 Å². The second-order valence-corrected chi connectivity index (χ2v) is 5.28. The zero-order chi connectivity index (χ0) is 15.6. The highest BCUT2D eigenvalue weighted by atomic mass is 16.5. The highest BCUT2D eigenvalue weighted by Gasteiger charge is 2.12. The van der Waals surface area contributed by atoms with E-state index in [9.17, 15) is 4.79 Å². The molecule has 1 aromatic carbocycles. The Morgan fingerprint density at radius 1 is 1.14 bits per heavy atom. The van der Waals surface area contributed by atoms with Gasteiger partial charge in [-0.15, -0.1) is 5.10 Å². The zero-order valence-electron chi connectivity index (χ0n) is 13.1. The van der Waals surface area contributed by atoms with Crippen molar-refractivity contribution in [2.75, 3.05) is 0 Å². The second-order valence-electron chi connectivity index (χ2n) is 5.28. The van der Waals surface area contributed by atoms with Crippen LogP contribution in [0.2, 0.25) is 0 Å². The van der Waals surface area contributed by atoms with Gasteiger partial charge in [0.05, 0.1) is 0 Å². The highest BCUT2D eigenvalue weighted by Crippen LogP contribution is 2.13. The van der Waals surface area contributed by atoms with Gasteiger partial charge >= 0.3 is 0 Å². The molecule has 0 fully saturated rings. The van der Waals surface area contributed by atoms with Gasteiger partial charge in [0.1, 0.15) is 18.1 Å². The van der Waals surface area contributed by atoms with E-state index in [2.05, 4.69) is 17.2 Å². The Bertz CT molecular complexity index is 567. The van der Waals surface area contributed by atoms with E-state index in [1.165, 1.54) is 25.7 Å². The maximum Gasteiger partial charge on any atom is 0.172 e. The normalized spacial score (nSPS) is 10.6. The molecule has 5 heteroatoms. The van der Waals surface area contributed by atoms with Crippen molar-refractivity contribution in [1.29, 1.82) is 0 Å². The summed E-state index contributed by atoms with van der Waals surface area (Å²) in [4.78, 5) is 11.1. The Kier molecular flexibility index (Phi) is 6.61. The quantitative estimate of drug-likeness (QED) is 0.496. The number of ether oxygens (including phenoxy) is 1. The number of benzene rings is 1. The first kappa shape index (κ1) is 16.2. The van der Waals surface area contributed by atoms with Gasteiger partial charge in [0.2, 0.25) is 0 Å². The molecule has 0 bridgehead atoms. The number of carbonyl (C=O) groups is 1. The molecule has 0 spiro atoms. The summed E-state index contributed by atoms with van der Waals surface area (Å²) in [5.41, 5.74) is 1.11. The number of aromatic nitrogens is 3. The summed E-state index contributed by atoms with van der Waals surface area (Å²) >= 11 is 0. The fourth-order valence-electron chi connectivity index (χ4n) is 2.30. The SMILES string of the molecule is CCCCCCCn1nnc(C=O)c1COc1ccccc1. The Balaban J connectivity index is 1.93. The number of nitrogens with zero attached hydrogens (tertiary/aromatic N) is 3. The maximum atomic E-state index is 11.1. The Morgan fingerprint density at radius 3 is 2.64 bits per heavy atom. The van der Waals surface area contributed by atoms with Crippen LogP contribution < -0.4 is 4.74 Å². The lowest BCUT2D eigenvalue weighted by molar-refractivity contribution is 0.111. The summed E-state index contributed by atoms with van der Waals surface area (Å²) in [6.07, 6.45) is 6.69. The van der Waals surface area contributed by atoms with Crippen LogP contribution >= 0.6 is 0 Å². The van der Waals surface area contributed by atoms with Crippen molar-refractivity contribution in [2.24, 2.45) is 0 Å². The van der Waals surface area contributed by atoms with Gasteiger partial charge in [0.25, 0.3) is 0 Å². The first-order chi connectivity index (χ1) is 10.8. The van der Waals surface area contributed by atoms with Crippen LogP contribution in [-0.4, -0.2) is 21.3 Å². The van der Waals surface area contributed by atoms with E-state index in [0.717, 1.165) is 30.7 Å². The second kappa shape index (κ2) is 8.97. The molecule has 0 unspecified atom stereocenters. The van der Waals surface area contributed by atoms with Crippen LogP contribution in [0.5, 0.6) is 5.75 Å². The van der Waals surface area contributed by atoms with Crippen molar-refractivity contribution in [3.63, 3.8) is 0 Å². The monoisotopic (exact) mass is 301 g/mol. The first-order valence-electron chi connectivity index (χ1n) is 7.90. The van der Waals surface area contributed by atoms with Crippen molar-refractivity contribution in [3.8, 4) is 5.75 Å². The third-order valence-corrected chi connectivity index (χ3v) is 3.57. The molecule has 0 N–H and O–H groups in total. The Hall–Kier alpha value is -2.17. The summed E-state index contributed by atoms with van der Waals surface area (Å²) in [5, 5.41) is 8.00. The number of aldehydes is 1. The molecule has 22 heavy (non-hydrogen) atoms. The van der Waals surface area contributed by atoms with E-state index >= 15 is 0 Å². The van der Waals surface area contributed by atoms with Crippen LogP contribution in [0, 0.1) is 0 Å². The summed E-state index contributed by atoms with van der Waals surface area (Å²) in [6.45, 7) is 3.28. The van der Waals surface area contributed by atoms with Crippen LogP contribution in [0.25, 0.3) is 0 Å². The van der Waals surface area contributed by atoms with E-state index in [-0.39, 0.29) is 0 Å². The molecule has 1 heterocycles. The van der Waals surface area contributed by atoms with Crippen LogP contribution in [0.4, 0.5) is 0 Å². The van der Waals surface area contributed by atoms with Gasteiger partial charge in [-0.2, -0.15) is 0 Å². The van der Waals surface area contributed by atoms with Crippen LogP contribution in [0.15, 0.2) is 30.3 Å². The molecule has 118 valence electrons. The van der Waals surface area contributed by atoms with Crippen molar-refractivity contribution >= 4 is 6.29 Å². The Labute approximate surface area is 131 Å². The highest BCUT2D eigenvalue weighted by molar-refractivity contribution is 5.73. The van der Waals surface area contributed by atoms with Gasteiger partial charge in [-0.1, -0.05) is 56.0 Å². The largest absolute Gasteiger partial charge is 0.487 e. The van der Waals surface area contributed by atoms with Gasteiger partial charge in [0, 0.05) is 6.54 Å². The fraction of sp³-hybridized carbons (Fsp3) is 0.471. The molecule has 0 aliphatic rings. The Morgan fingerprint density at radius 2 is 1.91 bits per heavy atom. The summed E-state index contributed by atoms with van der Waals surface area (Å²) in [7, 11) is 0. The van der Waals surface area contributed by atoms with Crippen molar-refractivity contribution in [3.05, 3.63) is 41.7 Å². The number of hydrogen-bond acceptors (Lipinski definition) is 4. The first-order valence-corrected chi connectivity index (χ1v) is 7.90. The molecule has 1 aromatic heterocycles. The summed E-state index contributed by atoms with van der Waals surface area (Å²) in [6, 6.07) is 9.54. The van der Waals surface area contributed by atoms with Crippen LogP contribution in [0.1, 0.15) is 55.2 Å². The number of para-hydroxylation sites is 1. The molecule has 5 nitrogen and oxygen atoms in total. The van der Waals surface area contributed by atoms with Gasteiger partial charge in [0.15, 0.2) is 12.0 Å². The lowest BCUT2D eigenvalue weighted by Gasteiger charge is -2.09. The molecule has 2 rings (SSSR count). The zero-order valence-corrected chi connectivity index (χ0v) is 13.1. The minimum Gasteiger partial charge on any atom is -0.487 e. The number of rotatable bonds is 10. The standard InChI is InChI=1S/C17H23N3O2/c1-2-3-4-5-9-12-20-17(16(13-21)18-19-20)14-22-15-10-7-6-8-11-15/h6-8,10-11,13H,2-5,9,12,14H2,1H3. The molecule has 0 aliphatic heterocycles. The van der Waals surface area contributed by atoms with Gasteiger partial charge < -0.3 is 4.74 Å². The molecule has 0 amide bonds. The molecular formula is C17H23N3O2. The minimum absolute atomic E-state index is 0.306. The van der Waals surface area contributed by atoms with Crippen LogP contribution in [0.3, 0.4) is 0 Å². The lowest BCUT2D eigenvalue weighted by Crippen LogP contribution is -2.09. The topological polar surface area (TPSA) is 57.0 Å². The molecule has 0 saturated heterocycles. The predicted octanol–water partition coefficient (Wildman–Crippen LogP) is 3.64. The predicted molar refractivity (Wildman–Crippen MR) is 84.9 cm³/mol. The summed E-state index contributed by atoms with van der Waals surface area (Å²) in [5.74, 6) is 0.773. The molecule has 0 atom stereocenters. The third kappa shape index (κ3) is 4.69. The molecular weight excluding hydrogens is 278 g/mol. The number of hydrogen-bond donors (Lipinski definition) is 0. The molecule has 0 aliphatic carbocycles. The van der Waals surface area contributed by atoms with E-state index in [0.29, 0.717) is 12.3 Å². The maximum absolute atomic E-state index is 11.1. The number of aryl methyl sites for hydroxylation is 1. The number of carbonyl (C=O) groups excluding carboxylic acids is 1. The van der Waals surface area contributed by atoms with Crippen molar-refractivity contribution < 1.29 is 9.53 Å². The van der Waals surface area contributed by atoms with E-state index in [4.69, 9.17) is 4.74 Å². The summed E-state index contributed by atoms with van der Waals surface area (Å²) < 4.78 is 7.51. The minimum atomic E-state index is 0.306. The molecule has 0 radical (unpaired) electrons. The average molecular weight is 301 g/mol. The lowest BCUT2D eigenvalue weighted by atomic mass is 10.1. The smallest absolute Gasteiger partial charge is 0.172 e. The third-order valence-electron chi connectivity index (χ3n) is 3.57. The number of unbranched alkanes of at least 4 members (excludes halogenated alkanes) is 4. The molecule has 2 aromatic rings. The van der Waals surface area contributed by atoms with Crippen LogP contribution in [-0.2, 0) is 13.2 Å². The van der Waals surface area contributed by atoms with E-state index in [1.807, 2.05) is 30.3 Å². The average Bonchev–Trinajstić information content (AvgIpc) is 2.95. The van der Waals surface area contributed by atoms with E-state index < -0.39 is 0 Å². The van der Waals surface area contributed by atoms with Gasteiger partial charge in [-0.3, -0.25) is 4.79 Å². The van der Waals surface area contributed by atoms with Crippen molar-refractivity contribution in [2.45, 2.75) is 52.2 Å². The van der Waals surface area contributed by atoms with Gasteiger partial charge in [-0.25, -0.2) is 4.68 Å². The molecule has 0 saturated carbocycles.